The number of aliphatic hydroxyl groups excluding tert-OH is 1. The summed E-state index contributed by atoms with van der Waals surface area (Å²) in [5, 5.41) is 28.1. The van der Waals surface area contributed by atoms with Crippen LogP contribution in [0.3, 0.4) is 0 Å². The van der Waals surface area contributed by atoms with Crippen molar-refractivity contribution in [2.24, 2.45) is 5.92 Å². The summed E-state index contributed by atoms with van der Waals surface area (Å²) >= 11 is 6.55. The third-order valence-corrected chi connectivity index (χ3v) is 12.6. The first-order valence-corrected chi connectivity index (χ1v) is 21.0. The molecule has 1 saturated carbocycles. The molecular formula is C45H55ClN4O8. The number of phenolic OH excluding ortho intramolecular Hbond substituents is 1. The number of aromatic nitrogens is 1. The van der Waals surface area contributed by atoms with Crippen LogP contribution in [0.1, 0.15) is 86.1 Å². The molecule has 8 rings (SSSR count). The van der Waals surface area contributed by atoms with E-state index in [4.69, 9.17) is 25.8 Å². The molecule has 310 valence electrons. The van der Waals surface area contributed by atoms with E-state index in [-0.39, 0.29) is 48.0 Å². The van der Waals surface area contributed by atoms with Crippen molar-refractivity contribution in [3.8, 4) is 17.2 Å². The zero-order chi connectivity index (χ0) is 40.6. The number of benzene rings is 3. The second-order valence-corrected chi connectivity index (χ2v) is 16.5. The average molecular weight is 815 g/mol. The third-order valence-electron chi connectivity index (χ3n) is 12.3. The number of unbranched alkanes of at least 4 members (excludes halogenated alkanes) is 1. The Bertz CT molecular complexity index is 2130. The van der Waals surface area contributed by atoms with Gasteiger partial charge in [0.2, 0.25) is 5.56 Å². The number of piperidine rings is 3. The molecular weight excluding hydrogens is 760 g/mol. The first-order chi connectivity index (χ1) is 28.1. The van der Waals surface area contributed by atoms with E-state index in [2.05, 4.69) is 44.8 Å². The lowest BCUT2D eigenvalue weighted by atomic mass is 9.69. The smallest absolute Gasteiger partial charge is 0.316 e. The van der Waals surface area contributed by atoms with Crippen LogP contribution in [0.4, 0.5) is 0 Å². The number of nitrogens with zero attached hydrogens (tertiary/aromatic N) is 1. The molecule has 2 bridgehead atoms. The maximum atomic E-state index is 14.0. The highest BCUT2D eigenvalue weighted by molar-refractivity contribution is 6.32. The lowest BCUT2D eigenvalue weighted by Gasteiger charge is -2.45. The van der Waals surface area contributed by atoms with Crippen LogP contribution in [0.25, 0.3) is 10.9 Å². The largest absolute Gasteiger partial charge is 0.506 e. The van der Waals surface area contributed by atoms with Gasteiger partial charge in [-0.1, -0.05) is 61.2 Å². The number of esters is 1. The molecule has 4 heterocycles. The van der Waals surface area contributed by atoms with Gasteiger partial charge in [-0.3, -0.25) is 19.3 Å². The minimum absolute atomic E-state index is 0.0104. The number of aromatic amines is 1. The number of rotatable bonds is 17. The molecule has 2 atom stereocenters. The van der Waals surface area contributed by atoms with Crippen LogP contribution in [0, 0.1) is 5.92 Å². The summed E-state index contributed by atoms with van der Waals surface area (Å²) < 4.78 is 17.7. The van der Waals surface area contributed by atoms with E-state index in [1.807, 2.05) is 0 Å². The molecule has 3 aromatic carbocycles. The third kappa shape index (κ3) is 9.63. The van der Waals surface area contributed by atoms with Gasteiger partial charge in [-0.25, -0.2) is 0 Å². The maximum absolute atomic E-state index is 14.0. The van der Waals surface area contributed by atoms with Crippen LogP contribution in [-0.2, 0) is 32.7 Å². The summed E-state index contributed by atoms with van der Waals surface area (Å²) in [7, 11) is 1.53. The molecule has 4 aromatic rings. The Morgan fingerprint density at radius 2 is 1.83 bits per heavy atom. The van der Waals surface area contributed by atoms with Gasteiger partial charge in [0, 0.05) is 49.3 Å². The van der Waals surface area contributed by atoms with Crippen LogP contribution in [0.5, 0.6) is 17.2 Å². The fourth-order valence-corrected chi connectivity index (χ4v) is 9.22. The Kier molecular flexibility index (Phi) is 13.6. The number of phenols is 1. The van der Waals surface area contributed by atoms with Crippen LogP contribution in [0.2, 0.25) is 5.02 Å². The summed E-state index contributed by atoms with van der Waals surface area (Å²) in [5.74, 6) is 0.928. The van der Waals surface area contributed by atoms with Crippen LogP contribution >= 0.6 is 11.6 Å². The number of H-pyrrole nitrogens is 1. The molecule has 3 saturated heterocycles. The van der Waals surface area contributed by atoms with Crippen molar-refractivity contribution in [2.45, 2.75) is 88.4 Å². The number of ether oxygens (including phenoxy) is 3. The molecule has 5 N–H and O–H groups in total. The number of nitrogens with one attached hydrogen (secondary N) is 3. The van der Waals surface area contributed by atoms with Crippen LogP contribution in [-0.4, -0.2) is 84.5 Å². The van der Waals surface area contributed by atoms with Gasteiger partial charge in [-0.15, -0.1) is 0 Å². The number of hydrogen-bond donors (Lipinski definition) is 5. The van der Waals surface area contributed by atoms with E-state index in [9.17, 15) is 24.6 Å². The standard InChI is InChI=1S/C45H55ClN4O8/c1-56-38-24-39(35(46)23-31(38)25-47-26-37(52)33-11-13-36(51)43-34(33)12-14-41(53)49-43)57-28-42(54)48-19-6-3-8-29-9-7-10-32(22-29)45(17-4-2-5-18-45)44(55)58-40-27-50-20-15-30(40)16-21-50/h7,9-14,22-24,30,37,40,47,51-52H,2-6,8,15-21,25-28H2,1H3,(H,48,54)(H,49,53)/t37?,40-/m0/s1. The molecule has 3 aliphatic heterocycles. The number of aryl methyl sites for hydroxylation is 1. The Hall–Kier alpha value is -4.62. The summed E-state index contributed by atoms with van der Waals surface area (Å²) in [6, 6.07) is 17.8. The van der Waals surface area contributed by atoms with E-state index in [0.29, 0.717) is 46.5 Å². The molecule has 1 aliphatic carbocycles. The van der Waals surface area contributed by atoms with Crippen molar-refractivity contribution in [3.63, 3.8) is 0 Å². The highest BCUT2D eigenvalue weighted by Gasteiger charge is 2.46. The van der Waals surface area contributed by atoms with Crippen LogP contribution in [0.15, 0.2) is 65.5 Å². The normalized spacial score (nSPS) is 20.4. The van der Waals surface area contributed by atoms with E-state index in [1.54, 1.807) is 24.3 Å². The number of methoxy groups -OCH3 is 1. The van der Waals surface area contributed by atoms with Gasteiger partial charge < -0.3 is 40.0 Å². The molecule has 1 aromatic heterocycles. The minimum atomic E-state index is -0.932. The van der Waals surface area contributed by atoms with Gasteiger partial charge in [0.25, 0.3) is 5.91 Å². The number of halogens is 1. The topological polar surface area (TPSA) is 162 Å². The lowest BCUT2D eigenvalue weighted by molar-refractivity contribution is -0.167. The van der Waals surface area contributed by atoms with Gasteiger partial charge in [-0.2, -0.15) is 0 Å². The highest BCUT2D eigenvalue weighted by Crippen LogP contribution is 2.42. The molecule has 1 unspecified atom stereocenters. The number of aromatic hydroxyl groups is 1. The molecule has 12 nitrogen and oxygen atoms in total. The number of hydrogen-bond acceptors (Lipinski definition) is 10. The lowest BCUT2D eigenvalue weighted by Crippen LogP contribution is -2.53. The van der Waals surface area contributed by atoms with Gasteiger partial charge >= 0.3 is 5.97 Å². The Morgan fingerprint density at radius 3 is 2.59 bits per heavy atom. The second kappa shape index (κ2) is 19.0. The summed E-state index contributed by atoms with van der Waals surface area (Å²) in [4.78, 5) is 43.5. The van der Waals surface area contributed by atoms with E-state index >= 15 is 0 Å². The van der Waals surface area contributed by atoms with E-state index in [1.165, 1.54) is 24.8 Å². The van der Waals surface area contributed by atoms with E-state index in [0.717, 1.165) is 95.0 Å². The van der Waals surface area contributed by atoms with Crippen molar-refractivity contribution >= 4 is 34.4 Å². The molecule has 0 radical (unpaired) electrons. The molecule has 1 amide bonds. The summed E-state index contributed by atoms with van der Waals surface area (Å²) in [6.07, 6.45) is 8.72. The van der Waals surface area contributed by atoms with Crippen LogP contribution < -0.4 is 25.7 Å². The van der Waals surface area contributed by atoms with E-state index < -0.39 is 11.5 Å². The molecule has 4 fully saturated rings. The van der Waals surface area contributed by atoms with Gasteiger partial charge in [-0.05, 0) is 98.8 Å². The number of carbonyl (C=O) groups excluding carboxylic acids is 2. The summed E-state index contributed by atoms with van der Waals surface area (Å²) in [6.45, 7) is 3.88. The Labute approximate surface area is 344 Å². The number of fused-ring (bicyclic) bond motifs is 4. The molecule has 0 spiro atoms. The number of amides is 1. The minimum Gasteiger partial charge on any atom is -0.506 e. The average Bonchev–Trinajstić information content (AvgIpc) is 3.24. The van der Waals surface area contributed by atoms with Crippen molar-refractivity contribution in [1.29, 1.82) is 0 Å². The van der Waals surface area contributed by atoms with Crippen molar-refractivity contribution < 1.29 is 34.0 Å². The first-order valence-electron chi connectivity index (χ1n) is 20.7. The van der Waals surface area contributed by atoms with Gasteiger partial charge in [0.1, 0.15) is 23.4 Å². The first kappa shape index (κ1) is 41.5. The van der Waals surface area contributed by atoms with Crippen molar-refractivity contribution in [1.82, 2.24) is 20.5 Å². The SMILES string of the molecule is COc1cc(OCC(=O)NCCCCc2cccc(C3(C(=O)O[C@H]4CN5CCC4CC5)CCCCC3)c2)c(Cl)cc1CNCC(O)c1ccc(O)c2[nH]c(=O)ccc12. The molecule has 4 aliphatic rings. The summed E-state index contributed by atoms with van der Waals surface area (Å²) in [5.41, 5.74) is 2.89. The quantitative estimate of drug-likeness (QED) is 0.0625. The monoisotopic (exact) mass is 814 g/mol. The fourth-order valence-electron chi connectivity index (χ4n) is 8.98. The maximum Gasteiger partial charge on any atom is 0.316 e. The zero-order valence-electron chi connectivity index (χ0n) is 33.2. The van der Waals surface area contributed by atoms with Crippen molar-refractivity contribution in [2.75, 3.05) is 46.4 Å². The molecule has 58 heavy (non-hydrogen) atoms. The predicted molar refractivity (Wildman–Crippen MR) is 223 cm³/mol. The Balaban J connectivity index is 0.853. The zero-order valence-corrected chi connectivity index (χ0v) is 34.0. The number of aliphatic hydroxyl groups is 1. The fraction of sp³-hybridized carbons (Fsp3) is 0.489. The predicted octanol–water partition coefficient (Wildman–Crippen LogP) is 6.08. The number of pyridine rings is 1. The Morgan fingerprint density at radius 1 is 1.02 bits per heavy atom. The second-order valence-electron chi connectivity index (χ2n) is 16.0. The highest BCUT2D eigenvalue weighted by atomic mass is 35.5. The van der Waals surface area contributed by atoms with Crippen molar-refractivity contribution in [3.05, 3.63) is 98.3 Å². The number of carbonyl (C=O) groups is 2. The van der Waals surface area contributed by atoms with Gasteiger partial charge in [0.15, 0.2) is 6.61 Å². The molecule has 13 heteroatoms. The van der Waals surface area contributed by atoms with Gasteiger partial charge in [0.05, 0.1) is 29.2 Å².